The molecule has 21 heavy (non-hydrogen) atoms. The lowest BCUT2D eigenvalue weighted by Gasteiger charge is -2.10. The van der Waals surface area contributed by atoms with Crippen molar-refractivity contribution in [3.63, 3.8) is 0 Å². The normalized spacial score (nSPS) is 10.3. The summed E-state index contributed by atoms with van der Waals surface area (Å²) in [7, 11) is -1.96. The van der Waals surface area contributed by atoms with E-state index in [0.717, 1.165) is 23.3 Å². The molecule has 2 rings (SSSR count). The predicted molar refractivity (Wildman–Crippen MR) is 80.1 cm³/mol. The van der Waals surface area contributed by atoms with Crippen molar-refractivity contribution in [2.24, 2.45) is 0 Å². The van der Waals surface area contributed by atoms with Crippen LogP contribution in [0.3, 0.4) is 0 Å². The molecule has 0 radical (unpaired) electrons. The zero-order chi connectivity index (χ0) is 15.6. The van der Waals surface area contributed by atoms with Crippen LogP contribution in [0.25, 0.3) is 0 Å². The molecule has 0 aromatic heterocycles. The Morgan fingerprint density at radius 2 is 1.86 bits per heavy atom. The Balaban J connectivity index is 2.28. The van der Waals surface area contributed by atoms with Crippen molar-refractivity contribution in [3.05, 3.63) is 58.9 Å². The zero-order valence-corrected chi connectivity index (χ0v) is 11.7. The Bertz CT molecular complexity index is 689. The zero-order valence-electron chi connectivity index (χ0n) is 11.7. The van der Waals surface area contributed by atoms with E-state index in [4.69, 9.17) is 10.0 Å². The number of rotatable bonds is 3. The fourth-order valence-corrected chi connectivity index (χ4v) is 1.95. The third kappa shape index (κ3) is 3.48. The van der Waals surface area contributed by atoms with Crippen LogP contribution < -0.4 is 10.8 Å². The van der Waals surface area contributed by atoms with Gasteiger partial charge in [-0.1, -0.05) is 12.1 Å². The number of amides is 1. The van der Waals surface area contributed by atoms with Crippen LogP contribution >= 0.6 is 0 Å². The molecule has 0 aliphatic rings. The molecule has 0 saturated carbocycles. The fraction of sp³-hybridized carbons (Fsp3) is 0.133. The summed E-state index contributed by atoms with van der Waals surface area (Å²) >= 11 is 0. The van der Waals surface area contributed by atoms with Crippen LogP contribution in [-0.4, -0.2) is 23.1 Å². The van der Waals surface area contributed by atoms with Gasteiger partial charge in [0, 0.05) is 16.7 Å². The highest BCUT2D eigenvalue weighted by Crippen LogP contribution is 2.17. The van der Waals surface area contributed by atoms with Crippen molar-refractivity contribution in [1.29, 1.82) is 0 Å². The number of nitrogens with one attached hydrogen (secondary N) is 1. The number of carbonyl (C=O) groups excluding carboxylic acids is 1. The van der Waals surface area contributed by atoms with Gasteiger partial charge >= 0.3 is 7.12 Å². The van der Waals surface area contributed by atoms with Crippen LogP contribution in [0.1, 0.15) is 21.5 Å². The molecule has 2 aromatic rings. The molecule has 0 aliphatic carbocycles. The second-order valence-corrected chi connectivity index (χ2v) is 4.88. The minimum absolute atomic E-state index is 0.153. The van der Waals surface area contributed by atoms with E-state index in [2.05, 4.69) is 5.32 Å². The Hall–Kier alpha value is -2.18. The van der Waals surface area contributed by atoms with Gasteiger partial charge in [0.2, 0.25) is 0 Å². The number of halogens is 1. The van der Waals surface area contributed by atoms with Crippen molar-refractivity contribution in [3.8, 4) is 0 Å². The minimum Gasteiger partial charge on any atom is -0.423 e. The van der Waals surface area contributed by atoms with E-state index >= 15 is 0 Å². The predicted octanol–water partition coefficient (Wildman–Crippen LogP) is 1.37. The van der Waals surface area contributed by atoms with Crippen molar-refractivity contribution >= 4 is 24.2 Å². The third-order valence-electron chi connectivity index (χ3n) is 3.18. The third-order valence-corrected chi connectivity index (χ3v) is 3.18. The first kappa shape index (κ1) is 15.2. The maximum absolute atomic E-state index is 13.4. The Morgan fingerprint density at radius 3 is 2.52 bits per heavy atom. The molecule has 0 bridgehead atoms. The van der Waals surface area contributed by atoms with Gasteiger partial charge in [0.05, 0.1) is 0 Å². The van der Waals surface area contributed by atoms with Crippen LogP contribution in [0.2, 0.25) is 0 Å². The summed E-state index contributed by atoms with van der Waals surface area (Å²) in [5, 5.41) is 20.9. The Kier molecular flexibility index (Phi) is 4.40. The molecule has 3 N–H and O–H groups in total. The molecule has 0 atom stereocenters. The fourth-order valence-electron chi connectivity index (χ4n) is 1.95. The Labute approximate surface area is 122 Å². The van der Waals surface area contributed by atoms with E-state index in [-0.39, 0.29) is 11.0 Å². The lowest BCUT2D eigenvalue weighted by Crippen LogP contribution is -2.33. The van der Waals surface area contributed by atoms with Gasteiger partial charge in [-0.15, -0.1) is 0 Å². The minimum atomic E-state index is -1.96. The van der Waals surface area contributed by atoms with Crippen LogP contribution in [0, 0.1) is 19.7 Å². The van der Waals surface area contributed by atoms with Gasteiger partial charge in [0.25, 0.3) is 5.91 Å². The summed E-state index contributed by atoms with van der Waals surface area (Å²) in [6.07, 6.45) is 0. The summed E-state index contributed by atoms with van der Waals surface area (Å²) in [6, 6.07) is 9.11. The van der Waals surface area contributed by atoms with Crippen molar-refractivity contribution in [2.45, 2.75) is 13.8 Å². The summed E-state index contributed by atoms with van der Waals surface area (Å²) in [5.41, 5.74) is 2.39. The maximum Gasteiger partial charge on any atom is 0.491 e. The van der Waals surface area contributed by atoms with Gasteiger partial charge in [-0.3, -0.25) is 4.79 Å². The van der Waals surface area contributed by atoms with Crippen LogP contribution in [0.5, 0.6) is 0 Å². The van der Waals surface area contributed by atoms with Crippen molar-refractivity contribution in [1.82, 2.24) is 0 Å². The van der Waals surface area contributed by atoms with E-state index < -0.39 is 18.8 Å². The smallest absolute Gasteiger partial charge is 0.423 e. The number of carbonyl (C=O) groups is 1. The van der Waals surface area contributed by atoms with Crippen LogP contribution in [0.15, 0.2) is 36.4 Å². The highest BCUT2D eigenvalue weighted by atomic mass is 19.1. The lowest BCUT2D eigenvalue weighted by atomic mass is 9.79. The highest BCUT2D eigenvalue weighted by molar-refractivity contribution is 6.58. The largest absolute Gasteiger partial charge is 0.491 e. The summed E-state index contributed by atoms with van der Waals surface area (Å²) in [6.45, 7) is 3.77. The molecule has 2 aromatic carbocycles. The van der Waals surface area contributed by atoms with Gasteiger partial charge in [0.1, 0.15) is 5.82 Å². The summed E-state index contributed by atoms with van der Waals surface area (Å²) in [5.74, 6) is -1.21. The monoisotopic (exact) mass is 287 g/mol. The topological polar surface area (TPSA) is 69.6 Å². The number of hydrogen-bond donors (Lipinski definition) is 3. The first-order valence-electron chi connectivity index (χ1n) is 6.42. The number of hydrogen-bond acceptors (Lipinski definition) is 3. The molecular weight excluding hydrogens is 272 g/mol. The number of anilines is 1. The van der Waals surface area contributed by atoms with E-state index in [1.54, 1.807) is 0 Å². The first-order valence-corrected chi connectivity index (χ1v) is 6.42. The highest BCUT2D eigenvalue weighted by Gasteiger charge is 2.19. The molecule has 4 nitrogen and oxygen atoms in total. The first-order chi connectivity index (χ1) is 9.88. The number of benzene rings is 2. The standard InChI is InChI=1S/C15H15BFNO3/c1-9-3-4-10(2)14(7-9)18-15(19)11-5-6-13(17)12(8-11)16(20)21/h3-8,20-21H,1-2H3,(H,18,19). The molecule has 0 heterocycles. The lowest BCUT2D eigenvalue weighted by molar-refractivity contribution is 0.102. The molecule has 0 fully saturated rings. The van der Waals surface area contributed by atoms with E-state index in [1.807, 2.05) is 32.0 Å². The number of aryl methyl sites for hydroxylation is 2. The van der Waals surface area contributed by atoms with Crippen LogP contribution in [-0.2, 0) is 0 Å². The van der Waals surface area contributed by atoms with Gasteiger partial charge in [-0.25, -0.2) is 4.39 Å². The molecule has 6 heteroatoms. The quantitative estimate of drug-likeness (QED) is 0.747. The molecule has 0 spiro atoms. The van der Waals surface area contributed by atoms with Gasteiger partial charge in [0.15, 0.2) is 0 Å². The van der Waals surface area contributed by atoms with Gasteiger partial charge in [-0.05, 0) is 49.2 Å². The average Bonchev–Trinajstić information content (AvgIpc) is 2.43. The van der Waals surface area contributed by atoms with E-state index in [1.165, 1.54) is 6.07 Å². The molecule has 0 aliphatic heterocycles. The maximum atomic E-state index is 13.4. The van der Waals surface area contributed by atoms with Crippen molar-refractivity contribution in [2.75, 3.05) is 5.32 Å². The molecule has 0 unspecified atom stereocenters. The van der Waals surface area contributed by atoms with E-state index in [9.17, 15) is 9.18 Å². The van der Waals surface area contributed by atoms with Crippen LogP contribution in [0.4, 0.5) is 10.1 Å². The summed E-state index contributed by atoms with van der Waals surface area (Å²) < 4.78 is 13.4. The summed E-state index contributed by atoms with van der Waals surface area (Å²) in [4.78, 5) is 12.2. The van der Waals surface area contributed by atoms with E-state index in [0.29, 0.717) is 5.69 Å². The van der Waals surface area contributed by atoms with Gasteiger partial charge < -0.3 is 15.4 Å². The Morgan fingerprint density at radius 1 is 1.14 bits per heavy atom. The molecular formula is C15H15BFNO3. The SMILES string of the molecule is Cc1ccc(C)c(NC(=O)c2ccc(F)c(B(O)O)c2)c1. The second kappa shape index (κ2) is 6.07. The van der Waals surface area contributed by atoms with Crippen molar-refractivity contribution < 1.29 is 19.2 Å². The molecule has 108 valence electrons. The average molecular weight is 287 g/mol. The molecule has 1 amide bonds. The van der Waals surface area contributed by atoms with Gasteiger partial charge in [-0.2, -0.15) is 0 Å². The second-order valence-electron chi connectivity index (χ2n) is 4.88. The molecule has 0 saturated heterocycles.